The summed E-state index contributed by atoms with van der Waals surface area (Å²) in [7, 11) is 0. The quantitative estimate of drug-likeness (QED) is 0.569. The number of hydrogen-bond donors (Lipinski definition) is 2. The number of hydrazine groups is 1. The Morgan fingerprint density at radius 3 is 2.67 bits per heavy atom. The lowest BCUT2D eigenvalue weighted by Crippen LogP contribution is -2.13. The molecular weight excluding hydrogens is 286 g/mol. The van der Waals surface area contributed by atoms with E-state index in [0.717, 1.165) is 15.8 Å². The van der Waals surface area contributed by atoms with Crippen LogP contribution in [0.25, 0.3) is 10.2 Å². The second kappa shape index (κ2) is 5.27. The SMILES string of the molecule is Cc1sc2nc(Cn3ccc(=O)cc3)nc(NN)c2c1C. The molecule has 108 valence electrons. The molecular formula is C14H15N5OS. The van der Waals surface area contributed by atoms with Crippen LogP contribution in [0.15, 0.2) is 29.3 Å². The van der Waals surface area contributed by atoms with E-state index in [4.69, 9.17) is 5.84 Å². The van der Waals surface area contributed by atoms with Crippen molar-refractivity contribution in [2.75, 3.05) is 5.43 Å². The van der Waals surface area contributed by atoms with Gasteiger partial charge in [0.2, 0.25) is 0 Å². The molecule has 3 aromatic rings. The van der Waals surface area contributed by atoms with E-state index in [-0.39, 0.29) is 5.43 Å². The first-order valence-corrected chi connectivity index (χ1v) is 7.29. The number of rotatable bonds is 3. The van der Waals surface area contributed by atoms with Crippen molar-refractivity contribution in [3.05, 3.63) is 51.0 Å². The van der Waals surface area contributed by atoms with Crippen LogP contribution in [0.5, 0.6) is 0 Å². The first-order chi connectivity index (χ1) is 10.1. The van der Waals surface area contributed by atoms with Crippen LogP contribution in [0.2, 0.25) is 0 Å². The van der Waals surface area contributed by atoms with E-state index in [1.807, 2.05) is 11.5 Å². The minimum absolute atomic E-state index is 0.0172. The van der Waals surface area contributed by atoms with Gasteiger partial charge >= 0.3 is 0 Å². The number of aromatic nitrogens is 3. The lowest BCUT2D eigenvalue weighted by Gasteiger charge is -2.08. The molecule has 0 unspecified atom stereocenters. The number of nitrogen functional groups attached to an aromatic ring is 1. The van der Waals surface area contributed by atoms with Crippen LogP contribution in [0, 0.1) is 13.8 Å². The fourth-order valence-corrected chi connectivity index (χ4v) is 3.23. The van der Waals surface area contributed by atoms with E-state index >= 15 is 0 Å². The second-order valence-electron chi connectivity index (χ2n) is 4.80. The van der Waals surface area contributed by atoms with Gasteiger partial charge in [0.05, 0.1) is 11.9 Å². The third-order valence-corrected chi connectivity index (χ3v) is 4.50. The highest BCUT2D eigenvalue weighted by molar-refractivity contribution is 7.18. The van der Waals surface area contributed by atoms with Crippen molar-refractivity contribution in [2.45, 2.75) is 20.4 Å². The average molecular weight is 301 g/mol. The molecule has 0 saturated heterocycles. The molecule has 0 aliphatic heterocycles. The van der Waals surface area contributed by atoms with Gasteiger partial charge < -0.3 is 9.99 Å². The lowest BCUT2D eigenvalue weighted by molar-refractivity contribution is 0.743. The Morgan fingerprint density at radius 2 is 2.00 bits per heavy atom. The molecule has 0 atom stereocenters. The van der Waals surface area contributed by atoms with E-state index in [1.54, 1.807) is 23.7 Å². The monoisotopic (exact) mass is 301 g/mol. The number of nitrogens with two attached hydrogens (primary N) is 1. The minimum Gasteiger partial charge on any atom is -0.346 e. The van der Waals surface area contributed by atoms with Gasteiger partial charge in [0.25, 0.3) is 0 Å². The molecule has 0 aliphatic carbocycles. The number of aryl methyl sites for hydroxylation is 2. The van der Waals surface area contributed by atoms with E-state index in [0.29, 0.717) is 18.2 Å². The van der Waals surface area contributed by atoms with Crippen molar-refractivity contribution in [3.63, 3.8) is 0 Å². The Bertz CT molecular complexity index is 847. The molecule has 3 aromatic heterocycles. The molecule has 0 fully saturated rings. The van der Waals surface area contributed by atoms with Crippen molar-refractivity contribution < 1.29 is 0 Å². The molecule has 0 spiro atoms. The van der Waals surface area contributed by atoms with Crippen LogP contribution in [0.1, 0.15) is 16.3 Å². The van der Waals surface area contributed by atoms with Crippen molar-refractivity contribution >= 4 is 27.4 Å². The summed E-state index contributed by atoms with van der Waals surface area (Å²) in [6.45, 7) is 4.59. The van der Waals surface area contributed by atoms with Gasteiger partial charge in [-0.3, -0.25) is 4.79 Å². The summed E-state index contributed by atoms with van der Waals surface area (Å²) in [5.74, 6) is 6.88. The highest BCUT2D eigenvalue weighted by Crippen LogP contribution is 2.32. The van der Waals surface area contributed by atoms with Gasteiger partial charge in [0.1, 0.15) is 4.83 Å². The molecule has 0 aliphatic rings. The highest BCUT2D eigenvalue weighted by Gasteiger charge is 2.13. The Balaban J connectivity index is 2.07. The number of thiophene rings is 1. The summed E-state index contributed by atoms with van der Waals surface area (Å²) in [6.07, 6.45) is 3.44. The predicted molar refractivity (Wildman–Crippen MR) is 84.5 cm³/mol. The fraction of sp³-hybridized carbons (Fsp3) is 0.214. The molecule has 7 heteroatoms. The number of fused-ring (bicyclic) bond motifs is 1. The second-order valence-corrected chi connectivity index (χ2v) is 6.01. The maximum Gasteiger partial charge on any atom is 0.181 e. The Labute approximate surface area is 125 Å². The smallest absolute Gasteiger partial charge is 0.181 e. The molecule has 3 N–H and O–H groups in total. The molecule has 21 heavy (non-hydrogen) atoms. The van der Waals surface area contributed by atoms with Crippen LogP contribution in [-0.2, 0) is 6.54 Å². The fourth-order valence-electron chi connectivity index (χ4n) is 2.18. The largest absolute Gasteiger partial charge is 0.346 e. The van der Waals surface area contributed by atoms with Crippen LogP contribution in [0.3, 0.4) is 0 Å². The van der Waals surface area contributed by atoms with E-state index in [1.165, 1.54) is 17.0 Å². The zero-order valence-electron chi connectivity index (χ0n) is 11.8. The first kappa shape index (κ1) is 13.7. The van der Waals surface area contributed by atoms with Crippen molar-refractivity contribution in [1.82, 2.24) is 14.5 Å². The third kappa shape index (κ3) is 2.53. The van der Waals surface area contributed by atoms with Crippen LogP contribution < -0.4 is 16.7 Å². The van der Waals surface area contributed by atoms with Crippen LogP contribution in [0.4, 0.5) is 5.82 Å². The van der Waals surface area contributed by atoms with Gasteiger partial charge in [-0.05, 0) is 19.4 Å². The standard InChI is InChI=1S/C14H15N5OS/c1-8-9(2)21-14-12(8)13(18-15)16-11(17-14)7-19-5-3-10(20)4-6-19/h3-6H,7,15H2,1-2H3,(H,16,17,18). The summed E-state index contributed by atoms with van der Waals surface area (Å²) in [4.78, 5) is 22.3. The maximum absolute atomic E-state index is 11.1. The normalized spacial score (nSPS) is 11.0. The first-order valence-electron chi connectivity index (χ1n) is 6.48. The molecule has 3 rings (SSSR count). The van der Waals surface area contributed by atoms with Crippen molar-refractivity contribution in [1.29, 1.82) is 0 Å². The van der Waals surface area contributed by atoms with Gasteiger partial charge in [-0.25, -0.2) is 15.8 Å². The summed E-state index contributed by atoms with van der Waals surface area (Å²) in [5.41, 5.74) is 3.79. The Hall–Kier alpha value is -2.25. The van der Waals surface area contributed by atoms with Gasteiger partial charge in [0, 0.05) is 29.4 Å². The lowest BCUT2D eigenvalue weighted by atomic mass is 10.2. The topological polar surface area (TPSA) is 85.8 Å². The molecule has 0 bridgehead atoms. The average Bonchev–Trinajstić information content (AvgIpc) is 2.76. The summed E-state index contributed by atoms with van der Waals surface area (Å²) < 4.78 is 1.86. The Kier molecular flexibility index (Phi) is 3.44. The van der Waals surface area contributed by atoms with Gasteiger partial charge in [0.15, 0.2) is 17.1 Å². The molecule has 0 amide bonds. The molecule has 0 aromatic carbocycles. The summed E-state index contributed by atoms with van der Waals surface area (Å²) in [5, 5.41) is 0.976. The van der Waals surface area contributed by atoms with Gasteiger partial charge in [-0.2, -0.15) is 0 Å². The third-order valence-electron chi connectivity index (χ3n) is 3.40. The van der Waals surface area contributed by atoms with Gasteiger partial charge in [-0.15, -0.1) is 11.3 Å². The predicted octanol–water partition coefficient (Wildman–Crippen LogP) is 1.80. The number of anilines is 1. The van der Waals surface area contributed by atoms with Crippen molar-refractivity contribution in [3.8, 4) is 0 Å². The van der Waals surface area contributed by atoms with Crippen LogP contribution >= 0.6 is 11.3 Å². The van der Waals surface area contributed by atoms with E-state index in [9.17, 15) is 4.79 Å². The summed E-state index contributed by atoms with van der Waals surface area (Å²) in [6, 6.07) is 3.03. The number of pyridine rings is 1. The zero-order valence-corrected chi connectivity index (χ0v) is 12.6. The molecule has 0 saturated carbocycles. The van der Waals surface area contributed by atoms with Crippen LogP contribution in [-0.4, -0.2) is 14.5 Å². The summed E-state index contributed by atoms with van der Waals surface area (Å²) >= 11 is 1.63. The number of hydrogen-bond acceptors (Lipinski definition) is 6. The molecule has 0 radical (unpaired) electrons. The molecule has 6 nitrogen and oxygen atoms in total. The maximum atomic E-state index is 11.1. The zero-order chi connectivity index (χ0) is 15.0. The number of nitrogens with zero attached hydrogens (tertiary/aromatic N) is 3. The number of nitrogens with one attached hydrogen (secondary N) is 1. The minimum atomic E-state index is -0.0172. The van der Waals surface area contributed by atoms with Gasteiger partial charge in [-0.1, -0.05) is 0 Å². The van der Waals surface area contributed by atoms with E-state index in [2.05, 4.69) is 22.3 Å². The highest BCUT2D eigenvalue weighted by atomic mass is 32.1. The van der Waals surface area contributed by atoms with Crippen molar-refractivity contribution in [2.24, 2.45) is 5.84 Å². The molecule has 3 heterocycles. The van der Waals surface area contributed by atoms with E-state index < -0.39 is 0 Å². The Morgan fingerprint density at radius 1 is 1.29 bits per heavy atom.